The molecule has 27 heavy (non-hydrogen) atoms. The van der Waals surface area contributed by atoms with Crippen LogP contribution in [0.3, 0.4) is 0 Å². The molecule has 3 rings (SSSR count). The molecule has 8 heteroatoms. The lowest BCUT2D eigenvalue weighted by Gasteiger charge is -2.41. The molecule has 1 amide bonds. The highest BCUT2D eigenvalue weighted by Gasteiger charge is 2.30. The van der Waals surface area contributed by atoms with Gasteiger partial charge in [0.15, 0.2) is 5.82 Å². The van der Waals surface area contributed by atoms with E-state index in [-0.39, 0.29) is 17.6 Å². The van der Waals surface area contributed by atoms with E-state index in [0.29, 0.717) is 36.4 Å². The number of anilines is 1. The molecule has 0 spiro atoms. The van der Waals surface area contributed by atoms with E-state index in [4.69, 9.17) is 0 Å². The van der Waals surface area contributed by atoms with E-state index in [2.05, 4.69) is 15.9 Å². The molecule has 142 valence electrons. The number of aryl methyl sites for hydroxylation is 1. The maximum absolute atomic E-state index is 14.4. The summed E-state index contributed by atoms with van der Waals surface area (Å²) in [5, 5.41) is 11.0. The Morgan fingerprint density at radius 3 is 2.52 bits per heavy atom. The van der Waals surface area contributed by atoms with Crippen LogP contribution in [0.15, 0.2) is 40.9 Å². The monoisotopic (exact) mass is 435 g/mol. The second kappa shape index (κ2) is 7.64. The van der Waals surface area contributed by atoms with Crippen molar-refractivity contribution >= 4 is 33.2 Å². The molecular weight excluding hydrogens is 417 g/mol. The molecule has 0 bridgehead atoms. The van der Waals surface area contributed by atoms with Gasteiger partial charge in [-0.05, 0) is 44.2 Å². The van der Waals surface area contributed by atoms with Gasteiger partial charge in [-0.15, -0.1) is 0 Å². The van der Waals surface area contributed by atoms with Gasteiger partial charge in [-0.25, -0.2) is 4.39 Å². The summed E-state index contributed by atoms with van der Waals surface area (Å²) in [6.45, 7) is 4.87. The largest absolute Gasteiger partial charge is 0.365 e. The zero-order valence-electron chi connectivity index (χ0n) is 15.0. The number of carbonyl (C=O) groups excluding carboxylic acids is 1. The minimum Gasteiger partial charge on any atom is -0.365 e. The number of nitrogens with zero attached hydrogens (tertiary/aromatic N) is 3. The number of carbonyl (C=O) groups is 1. The molecule has 0 aliphatic carbocycles. The van der Waals surface area contributed by atoms with Gasteiger partial charge in [0.2, 0.25) is 0 Å². The van der Waals surface area contributed by atoms with E-state index in [1.54, 1.807) is 24.0 Å². The number of nitro groups is 1. The number of rotatable bonds is 3. The van der Waals surface area contributed by atoms with Crippen LogP contribution in [0.5, 0.6) is 0 Å². The first kappa shape index (κ1) is 19.3. The van der Waals surface area contributed by atoms with E-state index in [1.165, 1.54) is 6.07 Å². The van der Waals surface area contributed by atoms with Gasteiger partial charge in [0.1, 0.15) is 0 Å². The summed E-state index contributed by atoms with van der Waals surface area (Å²) >= 11 is 3.35. The summed E-state index contributed by atoms with van der Waals surface area (Å²) in [4.78, 5) is 26.7. The van der Waals surface area contributed by atoms with Crippen LogP contribution in [-0.4, -0.2) is 41.4 Å². The van der Waals surface area contributed by atoms with Gasteiger partial charge in [0, 0.05) is 41.3 Å². The Morgan fingerprint density at radius 1 is 1.26 bits per heavy atom. The molecule has 1 atom stereocenters. The number of benzene rings is 2. The second-order valence-electron chi connectivity index (χ2n) is 6.65. The van der Waals surface area contributed by atoms with Crippen molar-refractivity contribution in [1.29, 1.82) is 0 Å². The average molecular weight is 436 g/mol. The van der Waals surface area contributed by atoms with Gasteiger partial charge in [-0.3, -0.25) is 14.9 Å². The summed E-state index contributed by atoms with van der Waals surface area (Å²) < 4.78 is 15.3. The molecule has 0 N–H and O–H groups in total. The molecular formula is C19H19BrFN3O3. The zero-order valence-corrected chi connectivity index (χ0v) is 16.6. The van der Waals surface area contributed by atoms with Crippen LogP contribution in [0.4, 0.5) is 15.8 Å². The van der Waals surface area contributed by atoms with E-state index < -0.39 is 10.7 Å². The Hall–Kier alpha value is -2.48. The topological polar surface area (TPSA) is 66.7 Å². The molecule has 2 aromatic carbocycles. The minimum absolute atomic E-state index is 0.0602. The van der Waals surface area contributed by atoms with Gasteiger partial charge in [-0.2, -0.15) is 0 Å². The molecule has 6 nitrogen and oxygen atoms in total. The smallest absolute Gasteiger partial charge is 0.275 e. The van der Waals surface area contributed by atoms with Gasteiger partial charge < -0.3 is 9.80 Å². The Balaban J connectivity index is 1.77. The molecule has 0 unspecified atom stereocenters. The maximum atomic E-state index is 14.4. The molecule has 0 aromatic heterocycles. The first-order valence-corrected chi connectivity index (χ1v) is 9.33. The fourth-order valence-corrected chi connectivity index (χ4v) is 3.60. The number of amides is 1. The van der Waals surface area contributed by atoms with Crippen LogP contribution in [0.1, 0.15) is 22.8 Å². The highest BCUT2D eigenvalue weighted by molar-refractivity contribution is 9.10. The van der Waals surface area contributed by atoms with Gasteiger partial charge in [-0.1, -0.05) is 15.9 Å². The molecule has 2 aromatic rings. The number of halogens is 2. The summed E-state index contributed by atoms with van der Waals surface area (Å²) in [5.41, 5.74) is 1.13. The third kappa shape index (κ3) is 3.95. The van der Waals surface area contributed by atoms with E-state index in [0.717, 1.165) is 10.5 Å². The van der Waals surface area contributed by atoms with Crippen LogP contribution in [-0.2, 0) is 0 Å². The summed E-state index contributed by atoms with van der Waals surface area (Å²) in [5.74, 6) is -0.679. The lowest BCUT2D eigenvalue weighted by Crippen LogP contribution is -2.54. The number of hydrogen-bond acceptors (Lipinski definition) is 4. The second-order valence-corrected chi connectivity index (χ2v) is 7.56. The third-order valence-electron chi connectivity index (χ3n) is 4.78. The van der Waals surface area contributed by atoms with Crippen LogP contribution in [0, 0.1) is 22.9 Å². The van der Waals surface area contributed by atoms with Crippen LogP contribution in [0.2, 0.25) is 0 Å². The van der Waals surface area contributed by atoms with Crippen molar-refractivity contribution in [2.75, 3.05) is 24.5 Å². The van der Waals surface area contributed by atoms with Crippen molar-refractivity contribution in [3.05, 3.63) is 67.9 Å². The zero-order chi connectivity index (χ0) is 19.7. The fourth-order valence-electron chi connectivity index (χ4n) is 3.33. The van der Waals surface area contributed by atoms with Crippen LogP contribution < -0.4 is 4.90 Å². The van der Waals surface area contributed by atoms with E-state index >= 15 is 0 Å². The highest BCUT2D eigenvalue weighted by Crippen LogP contribution is 2.30. The maximum Gasteiger partial charge on any atom is 0.275 e. The molecule has 0 saturated carbocycles. The van der Waals surface area contributed by atoms with Gasteiger partial charge >= 0.3 is 0 Å². The van der Waals surface area contributed by atoms with Crippen molar-refractivity contribution in [2.24, 2.45) is 0 Å². The first-order chi connectivity index (χ1) is 12.8. The fraction of sp³-hybridized carbons (Fsp3) is 0.316. The van der Waals surface area contributed by atoms with Gasteiger partial charge in [0.25, 0.3) is 11.6 Å². The number of hydrogen-bond donors (Lipinski definition) is 0. The molecule has 1 heterocycles. The van der Waals surface area contributed by atoms with Gasteiger partial charge in [0.05, 0.1) is 16.7 Å². The van der Waals surface area contributed by atoms with Crippen molar-refractivity contribution in [3.8, 4) is 0 Å². The van der Waals surface area contributed by atoms with Crippen molar-refractivity contribution < 1.29 is 14.1 Å². The molecule has 1 aliphatic rings. The normalized spacial score (nSPS) is 17.1. The standard InChI is InChI=1S/C19H19BrFN3O3/c1-12-9-18(16(21)10-17(12)24(26)27)22-7-8-23(13(2)11-22)19(25)14-3-5-15(20)6-4-14/h3-6,9-10,13H,7-8,11H2,1-2H3/t13-/m1/s1. The quantitative estimate of drug-likeness (QED) is 0.536. The van der Waals surface area contributed by atoms with E-state index in [1.807, 2.05) is 24.0 Å². The van der Waals surface area contributed by atoms with Crippen LogP contribution in [0.25, 0.3) is 0 Å². The van der Waals surface area contributed by atoms with Crippen molar-refractivity contribution in [3.63, 3.8) is 0 Å². The molecule has 0 radical (unpaired) electrons. The summed E-state index contributed by atoms with van der Waals surface area (Å²) in [6.07, 6.45) is 0. The lowest BCUT2D eigenvalue weighted by atomic mass is 10.1. The summed E-state index contributed by atoms with van der Waals surface area (Å²) in [7, 11) is 0. The van der Waals surface area contributed by atoms with Crippen molar-refractivity contribution in [1.82, 2.24) is 4.90 Å². The highest BCUT2D eigenvalue weighted by atomic mass is 79.9. The third-order valence-corrected chi connectivity index (χ3v) is 5.31. The predicted octanol–water partition coefficient (Wildman–Crippen LogP) is 4.16. The lowest BCUT2D eigenvalue weighted by molar-refractivity contribution is -0.385. The predicted molar refractivity (Wildman–Crippen MR) is 105 cm³/mol. The Bertz CT molecular complexity index is 889. The number of piperazine rings is 1. The Labute approximate surface area is 164 Å². The minimum atomic E-state index is -0.618. The van der Waals surface area contributed by atoms with Crippen LogP contribution >= 0.6 is 15.9 Å². The first-order valence-electron chi connectivity index (χ1n) is 8.54. The van der Waals surface area contributed by atoms with Crippen molar-refractivity contribution in [2.45, 2.75) is 19.9 Å². The molecule has 1 fully saturated rings. The van der Waals surface area contributed by atoms with E-state index in [9.17, 15) is 19.3 Å². The average Bonchev–Trinajstić information content (AvgIpc) is 2.63. The molecule has 1 aliphatic heterocycles. The SMILES string of the molecule is Cc1cc(N2CCN(C(=O)c3ccc(Br)cc3)[C@H](C)C2)c(F)cc1[N+](=O)[O-]. The summed E-state index contributed by atoms with van der Waals surface area (Å²) in [6, 6.07) is 9.54. The Morgan fingerprint density at radius 2 is 1.93 bits per heavy atom. The Kier molecular flexibility index (Phi) is 5.46. The number of nitro benzene ring substituents is 1. The molecule has 1 saturated heterocycles.